The maximum atomic E-state index is 12.6. The van der Waals surface area contributed by atoms with Crippen molar-refractivity contribution < 1.29 is 9.53 Å². The van der Waals surface area contributed by atoms with Gasteiger partial charge in [-0.1, -0.05) is 42.5 Å². The third kappa shape index (κ3) is 5.21. The molecule has 2 saturated heterocycles. The van der Waals surface area contributed by atoms with Gasteiger partial charge in [-0.2, -0.15) is 0 Å². The predicted molar refractivity (Wildman–Crippen MR) is 119 cm³/mol. The molecular weight excluding hydrogens is 374 g/mol. The van der Waals surface area contributed by atoms with Gasteiger partial charge in [-0.25, -0.2) is 0 Å². The molecule has 0 radical (unpaired) electrons. The average Bonchev–Trinajstić information content (AvgIpc) is 3.38. The molecule has 2 aromatic carbocycles. The molecule has 4 rings (SSSR count). The van der Waals surface area contributed by atoms with Gasteiger partial charge in [0.15, 0.2) is 0 Å². The lowest BCUT2D eigenvalue weighted by atomic mass is 10.1. The van der Waals surface area contributed by atoms with E-state index in [2.05, 4.69) is 57.6 Å². The number of amides is 1. The van der Waals surface area contributed by atoms with Crippen LogP contribution in [0, 0.1) is 0 Å². The van der Waals surface area contributed by atoms with E-state index in [1.165, 1.54) is 11.1 Å². The zero-order valence-corrected chi connectivity index (χ0v) is 17.9. The second-order valence-electron chi connectivity index (χ2n) is 8.47. The molecule has 1 N–H and O–H groups in total. The standard InChI is InChI=1S/C25H33N3O2/c1-30-24-9-5-8-21(16-24)17-26-14-12-22-10-11-25(29)28(22)23-13-15-27(19-23)18-20-6-3-2-4-7-20/h2-9,16,22-23,26H,10-15,17-19H2,1H3. The first kappa shape index (κ1) is 20.9. The minimum Gasteiger partial charge on any atom is -0.497 e. The van der Waals surface area contributed by atoms with E-state index in [4.69, 9.17) is 4.74 Å². The van der Waals surface area contributed by atoms with Gasteiger partial charge in [-0.05, 0) is 49.1 Å². The van der Waals surface area contributed by atoms with E-state index in [-0.39, 0.29) is 0 Å². The summed E-state index contributed by atoms with van der Waals surface area (Å²) in [5.74, 6) is 1.24. The van der Waals surface area contributed by atoms with Gasteiger partial charge in [-0.15, -0.1) is 0 Å². The fraction of sp³-hybridized carbons (Fsp3) is 0.480. The van der Waals surface area contributed by atoms with Crippen LogP contribution < -0.4 is 10.1 Å². The SMILES string of the molecule is COc1cccc(CNCCC2CCC(=O)N2C2CCN(Cc3ccccc3)C2)c1. The largest absolute Gasteiger partial charge is 0.497 e. The van der Waals surface area contributed by atoms with Crippen LogP contribution in [0.25, 0.3) is 0 Å². The Balaban J connectivity index is 1.25. The molecule has 0 aliphatic carbocycles. The van der Waals surface area contributed by atoms with Gasteiger partial charge in [0.1, 0.15) is 5.75 Å². The van der Waals surface area contributed by atoms with Crippen LogP contribution in [0.4, 0.5) is 0 Å². The minimum atomic E-state index is 0.347. The number of nitrogens with one attached hydrogen (secondary N) is 1. The Kier molecular flexibility index (Phi) is 7.03. The fourth-order valence-corrected chi connectivity index (χ4v) is 4.86. The molecule has 2 atom stereocenters. The number of hydrogen-bond acceptors (Lipinski definition) is 4. The molecule has 30 heavy (non-hydrogen) atoms. The van der Waals surface area contributed by atoms with Crippen molar-refractivity contribution in [2.75, 3.05) is 26.7 Å². The van der Waals surface area contributed by atoms with Gasteiger partial charge in [0.05, 0.1) is 7.11 Å². The topological polar surface area (TPSA) is 44.8 Å². The molecule has 1 amide bonds. The summed E-state index contributed by atoms with van der Waals surface area (Å²) in [6, 6.07) is 19.5. The van der Waals surface area contributed by atoms with Gasteiger partial charge in [0.2, 0.25) is 5.91 Å². The first-order valence-corrected chi connectivity index (χ1v) is 11.1. The summed E-state index contributed by atoms with van der Waals surface area (Å²) in [5.41, 5.74) is 2.57. The van der Waals surface area contributed by atoms with E-state index in [0.717, 1.165) is 57.7 Å². The number of likely N-dealkylation sites (tertiary alicyclic amines) is 2. The van der Waals surface area contributed by atoms with E-state index >= 15 is 0 Å². The molecule has 160 valence electrons. The van der Waals surface area contributed by atoms with Crippen molar-refractivity contribution in [3.63, 3.8) is 0 Å². The average molecular weight is 408 g/mol. The smallest absolute Gasteiger partial charge is 0.223 e. The summed E-state index contributed by atoms with van der Waals surface area (Å²) in [6.45, 7) is 4.79. The molecule has 2 unspecified atom stereocenters. The molecular formula is C25H33N3O2. The summed E-state index contributed by atoms with van der Waals surface area (Å²) < 4.78 is 5.30. The van der Waals surface area contributed by atoms with E-state index in [1.54, 1.807) is 7.11 Å². The Morgan fingerprint density at radius 2 is 1.90 bits per heavy atom. The van der Waals surface area contributed by atoms with E-state index in [9.17, 15) is 4.79 Å². The van der Waals surface area contributed by atoms with Crippen LogP contribution in [0.5, 0.6) is 5.75 Å². The Morgan fingerprint density at radius 3 is 2.73 bits per heavy atom. The molecule has 2 aliphatic rings. The number of hydrogen-bond donors (Lipinski definition) is 1. The summed E-state index contributed by atoms with van der Waals surface area (Å²) >= 11 is 0. The molecule has 2 aliphatic heterocycles. The molecule has 0 saturated carbocycles. The Bertz CT molecular complexity index is 826. The van der Waals surface area contributed by atoms with Gasteiger partial charge in [-0.3, -0.25) is 9.69 Å². The highest BCUT2D eigenvalue weighted by atomic mass is 16.5. The maximum absolute atomic E-state index is 12.6. The zero-order valence-electron chi connectivity index (χ0n) is 17.9. The Hall–Kier alpha value is -2.37. The highest BCUT2D eigenvalue weighted by molar-refractivity contribution is 5.79. The van der Waals surface area contributed by atoms with Gasteiger partial charge < -0.3 is 15.0 Å². The third-order valence-electron chi connectivity index (χ3n) is 6.38. The normalized spacial score (nSPS) is 22.0. The van der Waals surface area contributed by atoms with Gasteiger partial charge >= 0.3 is 0 Å². The highest BCUT2D eigenvalue weighted by Gasteiger charge is 2.38. The van der Waals surface area contributed by atoms with Crippen LogP contribution in [-0.4, -0.2) is 54.5 Å². The number of methoxy groups -OCH3 is 1. The summed E-state index contributed by atoms with van der Waals surface area (Å²) in [7, 11) is 1.70. The predicted octanol–water partition coefficient (Wildman–Crippen LogP) is 3.44. The lowest BCUT2D eigenvalue weighted by Crippen LogP contribution is -2.44. The van der Waals surface area contributed by atoms with Gasteiger partial charge in [0, 0.05) is 44.7 Å². The molecule has 5 heteroatoms. The van der Waals surface area contributed by atoms with E-state index in [1.807, 2.05) is 12.1 Å². The molecule has 2 aromatic rings. The maximum Gasteiger partial charge on any atom is 0.223 e. The fourth-order valence-electron chi connectivity index (χ4n) is 4.86. The van der Waals surface area contributed by atoms with Crippen LogP contribution in [0.1, 0.15) is 36.8 Å². The summed E-state index contributed by atoms with van der Waals surface area (Å²) in [6.07, 6.45) is 3.81. The van der Waals surface area contributed by atoms with Crippen molar-refractivity contribution in [3.8, 4) is 5.75 Å². The lowest BCUT2D eigenvalue weighted by molar-refractivity contribution is -0.131. The van der Waals surface area contributed by atoms with Crippen molar-refractivity contribution in [3.05, 3.63) is 65.7 Å². The number of carbonyl (C=O) groups excluding carboxylic acids is 1. The quantitative estimate of drug-likeness (QED) is 0.647. The second-order valence-corrected chi connectivity index (χ2v) is 8.47. The summed E-state index contributed by atoms with van der Waals surface area (Å²) in [5, 5.41) is 3.54. The van der Waals surface area contributed by atoms with Crippen molar-refractivity contribution in [1.29, 1.82) is 0 Å². The molecule has 5 nitrogen and oxygen atoms in total. The highest BCUT2D eigenvalue weighted by Crippen LogP contribution is 2.28. The molecule has 2 heterocycles. The van der Waals surface area contributed by atoms with E-state index < -0.39 is 0 Å². The number of rotatable bonds is 9. The third-order valence-corrected chi connectivity index (χ3v) is 6.38. The number of benzene rings is 2. The van der Waals surface area contributed by atoms with Crippen molar-refractivity contribution >= 4 is 5.91 Å². The van der Waals surface area contributed by atoms with Crippen molar-refractivity contribution in [2.45, 2.75) is 50.9 Å². The number of ether oxygens (including phenoxy) is 1. The van der Waals surface area contributed by atoms with Crippen molar-refractivity contribution in [2.24, 2.45) is 0 Å². The first-order valence-electron chi connectivity index (χ1n) is 11.1. The lowest BCUT2D eigenvalue weighted by Gasteiger charge is -2.31. The Morgan fingerprint density at radius 1 is 1.07 bits per heavy atom. The monoisotopic (exact) mass is 407 g/mol. The van der Waals surface area contributed by atoms with Crippen LogP contribution in [0.15, 0.2) is 54.6 Å². The van der Waals surface area contributed by atoms with Crippen molar-refractivity contribution in [1.82, 2.24) is 15.1 Å². The zero-order chi connectivity index (χ0) is 20.8. The van der Waals surface area contributed by atoms with Crippen LogP contribution in [0.2, 0.25) is 0 Å². The first-order chi connectivity index (χ1) is 14.7. The molecule has 2 fully saturated rings. The molecule has 0 bridgehead atoms. The Labute approximate surface area is 180 Å². The van der Waals surface area contributed by atoms with Crippen LogP contribution >= 0.6 is 0 Å². The number of carbonyl (C=O) groups is 1. The van der Waals surface area contributed by atoms with Gasteiger partial charge in [0.25, 0.3) is 0 Å². The summed E-state index contributed by atoms with van der Waals surface area (Å²) in [4.78, 5) is 17.3. The minimum absolute atomic E-state index is 0.347. The second kappa shape index (κ2) is 10.1. The van der Waals surface area contributed by atoms with E-state index in [0.29, 0.717) is 24.4 Å². The molecule has 0 aromatic heterocycles. The number of nitrogens with zero attached hydrogens (tertiary/aromatic N) is 2. The molecule has 0 spiro atoms. The van der Waals surface area contributed by atoms with Crippen LogP contribution in [0.3, 0.4) is 0 Å². The van der Waals surface area contributed by atoms with Crippen LogP contribution in [-0.2, 0) is 17.9 Å².